The monoisotopic (exact) mass is 260 g/mol. The molecule has 4 nitrogen and oxygen atoms in total. The van der Waals surface area contributed by atoms with E-state index in [9.17, 15) is 0 Å². The highest BCUT2D eigenvalue weighted by atomic mass is 16.5. The molecule has 0 aliphatic carbocycles. The van der Waals surface area contributed by atoms with E-state index >= 15 is 0 Å². The number of nitrogens with zero attached hydrogens (tertiary/aromatic N) is 1. The van der Waals surface area contributed by atoms with Crippen molar-refractivity contribution in [2.75, 3.05) is 59.2 Å². The van der Waals surface area contributed by atoms with E-state index in [4.69, 9.17) is 9.47 Å². The van der Waals surface area contributed by atoms with Gasteiger partial charge in [-0.2, -0.15) is 0 Å². The molecule has 0 fully saturated rings. The SMILES string of the molecule is CCCCNCCN(CCOCC)CCOCC. The zero-order valence-corrected chi connectivity index (χ0v) is 12.5. The maximum Gasteiger partial charge on any atom is 0.0593 e. The van der Waals surface area contributed by atoms with Gasteiger partial charge in [0.1, 0.15) is 0 Å². The van der Waals surface area contributed by atoms with Crippen LogP contribution in [0.2, 0.25) is 0 Å². The molecular weight excluding hydrogens is 228 g/mol. The molecule has 0 spiro atoms. The van der Waals surface area contributed by atoms with Crippen LogP contribution in [0.1, 0.15) is 33.6 Å². The summed E-state index contributed by atoms with van der Waals surface area (Å²) < 4.78 is 10.8. The van der Waals surface area contributed by atoms with Crippen molar-refractivity contribution >= 4 is 0 Å². The summed E-state index contributed by atoms with van der Waals surface area (Å²) in [6.07, 6.45) is 2.52. The van der Waals surface area contributed by atoms with Crippen LogP contribution in [0.5, 0.6) is 0 Å². The van der Waals surface area contributed by atoms with Gasteiger partial charge in [0.15, 0.2) is 0 Å². The highest BCUT2D eigenvalue weighted by Crippen LogP contribution is 1.90. The number of unbranched alkanes of at least 4 members (excludes halogenated alkanes) is 1. The van der Waals surface area contributed by atoms with Gasteiger partial charge in [-0.25, -0.2) is 0 Å². The van der Waals surface area contributed by atoms with Gasteiger partial charge >= 0.3 is 0 Å². The first-order valence-electron chi connectivity index (χ1n) is 7.43. The van der Waals surface area contributed by atoms with E-state index in [0.29, 0.717) is 0 Å². The first kappa shape index (κ1) is 17.8. The zero-order chi connectivity index (χ0) is 13.5. The molecule has 18 heavy (non-hydrogen) atoms. The molecule has 0 saturated heterocycles. The Hall–Kier alpha value is -0.160. The average molecular weight is 260 g/mol. The van der Waals surface area contributed by atoms with Crippen molar-refractivity contribution in [3.63, 3.8) is 0 Å². The van der Waals surface area contributed by atoms with Crippen molar-refractivity contribution in [1.29, 1.82) is 0 Å². The van der Waals surface area contributed by atoms with Crippen LogP contribution >= 0.6 is 0 Å². The second-order valence-corrected chi connectivity index (χ2v) is 4.34. The molecule has 0 aliphatic heterocycles. The molecule has 0 saturated carbocycles. The molecule has 0 aromatic heterocycles. The molecule has 4 heteroatoms. The van der Waals surface area contributed by atoms with Gasteiger partial charge in [0, 0.05) is 39.4 Å². The minimum Gasteiger partial charge on any atom is -0.380 e. The largest absolute Gasteiger partial charge is 0.380 e. The Kier molecular flexibility index (Phi) is 14.8. The molecular formula is C14H32N2O2. The highest BCUT2D eigenvalue weighted by Gasteiger charge is 2.04. The Morgan fingerprint density at radius 2 is 1.44 bits per heavy atom. The molecule has 0 aliphatic rings. The summed E-state index contributed by atoms with van der Waals surface area (Å²) in [6.45, 7) is 14.8. The van der Waals surface area contributed by atoms with Gasteiger partial charge in [-0.3, -0.25) is 4.90 Å². The van der Waals surface area contributed by atoms with Crippen molar-refractivity contribution in [3.05, 3.63) is 0 Å². The molecule has 1 N–H and O–H groups in total. The van der Waals surface area contributed by atoms with Crippen molar-refractivity contribution in [2.45, 2.75) is 33.6 Å². The number of hydrogen-bond acceptors (Lipinski definition) is 4. The summed E-state index contributed by atoms with van der Waals surface area (Å²) in [4.78, 5) is 2.41. The number of ether oxygens (including phenoxy) is 2. The Balaban J connectivity index is 3.60. The maximum atomic E-state index is 5.41. The van der Waals surface area contributed by atoms with E-state index in [-0.39, 0.29) is 0 Å². The Bertz CT molecular complexity index is 147. The first-order chi connectivity index (χ1) is 8.85. The fraction of sp³-hybridized carbons (Fsp3) is 1.00. The standard InChI is InChI=1S/C14H32N2O2/c1-4-7-8-15-9-10-16(11-13-17-5-2)12-14-18-6-3/h15H,4-14H2,1-3H3. The van der Waals surface area contributed by atoms with Gasteiger partial charge in [0.2, 0.25) is 0 Å². The molecule has 0 atom stereocenters. The van der Waals surface area contributed by atoms with Crippen LogP contribution in [0.25, 0.3) is 0 Å². The van der Waals surface area contributed by atoms with Crippen molar-refractivity contribution in [3.8, 4) is 0 Å². The number of hydrogen-bond donors (Lipinski definition) is 1. The van der Waals surface area contributed by atoms with E-state index in [0.717, 1.165) is 59.2 Å². The summed E-state index contributed by atoms with van der Waals surface area (Å²) in [6, 6.07) is 0. The summed E-state index contributed by atoms with van der Waals surface area (Å²) in [5.41, 5.74) is 0. The number of nitrogens with one attached hydrogen (secondary N) is 1. The van der Waals surface area contributed by atoms with Gasteiger partial charge in [0.05, 0.1) is 13.2 Å². The van der Waals surface area contributed by atoms with Crippen LogP contribution < -0.4 is 5.32 Å². The third-order valence-corrected chi connectivity index (χ3v) is 2.82. The second-order valence-electron chi connectivity index (χ2n) is 4.34. The van der Waals surface area contributed by atoms with E-state index in [1.54, 1.807) is 0 Å². The second kappa shape index (κ2) is 14.9. The summed E-state index contributed by atoms with van der Waals surface area (Å²) >= 11 is 0. The lowest BCUT2D eigenvalue weighted by Crippen LogP contribution is -2.37. The summed E-state index contributed by atoms with van der Waals surface area (Å²) in [5.74, 6) is 0. The number of rotatable bonds is 14. The minimum absolute atomic E-state index is 0.800. The molecule has 0 heterocycles. The van der Waals surface area contributed by atoms with Crippen molar-refractivity contribution in [2.24, 2.45) is 0 Å². The summed E-state index contributed by atoms with van der Waals surface area (Å²) in [7, 11) is 0. The predicted octanol–water partition coefficient (Wildman–Crippen LogP) is 1.75. The normalized spacial score (nSPS) is 11.3. The molecule has 0 aromatic rings. The van der Waals surface area contributed by atoms with Crippen molar-refractivity contribution < 1.29 is 9.47 Å². The van der Waals surface area contributed by atoms with Crippen LogP contribution in [0.15, 0.2) is 0 Å². The molecule has 0 aromatic carbocycles. The van der Waals surface area contributed by atoms with Gasteiger partial charge in [-0.05, 0) is 26.8 Å². The highest BCUT2D eigenvalue weighted by molar-refractivity contribution is 4.59. The minimum atomic E-state index is 0.800. The third kappa shape index (κ3) is 12.3. The molecule has 0 radical (unpaired) electrons. The van der Waals surface area contributed by atoms with Gasteiger partial charge in [-0.1, -0.05) is 13.3 Å². The molecule has 0 unspecified atom stereocenters. The van der Waals surface area contributed by atoms with E-state index in [1.807, 2.05) is 13.8 Å². The van der Waals surface area contributed by atoms with Crippen molar-refractivity contribution in [1.82, 2.24) is 10.2 Å². The predicted molar refractivity (Wildman–Crippen MR) is 77.2 cm³/mol. The van der Waals surface area contributed by atoms with E-state index < -0.39 is 0 Å². The Morgan fingerprint density at radius 3 is 1.94 bits per heavy atom. The average Bonchev–Trinajstić information content (AvgIpc) is 2.38. The van der Waals surface area contributed by atoms with Crippen LogP contribution in [0.4, 0.5) is 0 Å². The molecule has 110 valence electrons. The molecule has 0 amide bonds. The van der Waals surface area contributed by atoms with Crippen LogP contribution in [0, 0.1) is 0 Å². The van der Waals surface area contributed by atoms with Crippen LogP contribution in [0.3, 0.4) is 0 Å². The lowest BCUT2D eigenvalue weighted by molar-refractivity contribution is 0.0832. The Morgan fingerprint density at radius 1 is 0.833 bits per heavy atom. The topological polar surface area (TPSA) is 33.7 Å². The van der Waals surface area contributed by atoms with Gasteiger partial charge in [0.25, 0.3) is 0 Å². The third-order valence-electron chi connectivity index (χ3n) is 2.82. The summed E-state index contributed by atoms with van der Waals surface area (Å²) in [5, 5.41) is 3.47. The maximum absolute atomic E-state index is 5.41. The molecule has 0 bridgehead atoms. The fourth-order valence-corrected chi connectivity index (χ4v) is 1.68. The lowest BCUT2D eigenvalue weighted by Gasteiger charge is -2.22. The quantitative estimate of drug-likeness (QED) is 0.483. The smallest absolute Gasteiger partial charge is 0.0593 e. The van der Waals surface area contributed by atoms with E-state index in [2.05, 4.69) is 17.1 Å². The van der Waals surface area contributed by atoms with Crippen LogP contribution in [-0.4, -0.2) is 64.1 Å². The van der Waals surface area contributed by atoms with Gasteiger partial charge < -0.3 is 14.8 Å². The van der Waals surface area contributed by atoms with Gasteiger partial charge in [-0.15, -0.1) is 0 Å². The Labute approximate surface area is 113 Å². The molecule has 0 rings (SSSR count). The lowest BCUT2D eigenvalue weighted by atomic mass is 10.3. The fourth-order valence-electron chi connectivity index (χ4n) is 1.68. The first-order valence-corrected chi connectivity index (χ1v) is 7.43. The van der Waals surface area contributed by atoms with E-state index in [1.165, 1.54) is 12.8 Å². The zero-order valence-electron chi connectivity index (χ0n) is 12.5. The van der Waals surface area contributed by atoms with Crippen LogP contribution in [-0.2, 0) is 9.47 Å².